The molecule has 32 heavy (non-hydrogen) atoms. The number of unbranched alkanes of at least 4 members (excludes halogenated alkanes) is 4. The van der Waals surface area contributed by atoms with E-state index in [1.165, 1.54) is 19.1 Å². The maximum absolute atomic E-state index is 12.8. The van der Waals surface area contributed by atoms with Crippen LogP contribution in [0.5, 0.6) is 0 Å². The third-order valence-corrected chi connectivity index (χ3v) is 6.81. The van der Waals surface area contributed by atoms with Gasteiger partial charge in [-0.05, 0) is 56.6 Å². The lowest BCUT2D eigenvalue weighted by molar-refractivity contribution is -0.148. The summed E-state index contributed by atoms with van der Waals surface area (Å²) in [6.07, 6.45) is 10.6. The number of nitrogens with one attached hydrogen (secondary N) is 2. The molecule has 2 aliphatic heterocycles. The Balaban J connectivity index is 1.34. The second-order valence-electron chi connectivity index (χ2n) is 9.37. The van der Waals surface area contributed by atoms with Crippen LogP contribution in [0.1, 0.15) is 76.0 Å². The van der Waals surface area contributed by atoms with Gasteiger partial charge in [-0.25, -0.2) is 9.78 Å². The molecule has 0 aromatic carbocycles. The molecular weight excluding hydrogens is 406 g/mol. The van der Waals surface area contributed by atoms with E-state index in [4.69, 9.17) is 14.5 Å². The van der Waals surface area contributed by atoms with Crippen molar-refractivity contribution in [2.24, 2.45) is 5.41 Å². The van der Waals surface area contributed by atoms with Gasteiger partial charge in [-0.2, -0.15) is 0 Å². The molecule has 7 nitrogen and oxygen atoms in total. The average molecular weight is 446 g/mol. The molecule has 0 unspecified atom stereocenters. The molecule has 0 spiro atoms. The van der Waals surface area contributed by atoms with Crippen LogP contribution in [0.2, 0.25) is 0 Å². The fourth-order valence-corrected chi connectivity index (χ4v) is 4.47. The molecule has 0 saturated carbocycles. The van der Waals surface area contributed by atoms with Crippen LogP contribution in [0.3, 0.4) is 0 Å². The van der Waals surface area contributed by atoms with Crippen molar-refractivity contribution in [3.8, 4) is 0 Å². The van der Waals surface area contributed by atoms with Gasteiger partial charge in [0.25, 0.3) is 0 Å². The van der Waals surface area contributed by atoms with E-state index in [9.17, 15) is 9.59 Å². The summed E-state index contributed by atoms with van der Waals surface area (Å²) in [5.74, 6) is 0.642. The molecule has 2 aliphatic rings. The maximum atomic E-state index is 12.8. The SMILES string of the molecule is COC(=O)[C@H](CCCCCCCc1ccc2c(n1)NCCC2)NC(=O)C1(C)CCOCC1. The Morgan fingerprint density at radius 3 is 2.72 bits per heavy atom. The van der Waals surface area contributed by atoms with Gasteiger partial charge in [0.1, 0.15) is 11.9 Å². The third-order valence-electron chi connectivity index (χ3n) is 6.81. The number of aromatic nitrogens is 1. The standard InChI is InChI=1S/C25H39N3O4/c1-25(14-17-32-18-15-25)24(30)28-21(23(29)31-2)11-7-5-3-4-6-10-20-13-12-19-9-8-16-26-22(19)27-20/h12-13,21H,3-11,14-18H2,1-2H3,(H,26,27)(H,28,30)/t21-/m0/s1. The van der Waals surface area contributed by atoms with Gasteiger partial charge >= 0.3 is 5.97 Å². The number of anilines is 1. The molecule has 7 heteroatoms. The Kier molecular flexibility index (Phi) is 9.33. The summed E-state index contributed by atoms with van der Waals surface area (Å²) in [7, 11) is 1.38. The van der Waals surface area contributed by atoms with Gasteiger partial charge in [-0.1, -0.05) is 38.7 Å². The number of carbonyl (C=O) groups excluding carboxylic acids is 2. The fraction of sp³-hybridized carbons (Fsp3) is 0.720. The Morgan fingerprint density at radius 1 is 1.19 bits per heavy atom. The van der Waals surface area contributed by atoms with Crippen LogP contribution in [0.15, 0.2) is 12.1 Å². The van der Waals surface area contributed by atoms with Crippen LogP contribution in [0.4, 0.5) is 5.82 Å². The van der Waals surface area contributed by atoms with Crippen molar-refractivity contribution in [1.82, 2.24) is 10.3 Å². The Labute approximate surface area is 192 Å². The molecule has 0 aliphatic carbocycles. The number of hydrogen-bond acceptors (Lipinski definition) is 6. The molecule has 1 saturated heterocycles. The lowest BCUT2D eigenvalue weighted by Crippen LogP contribution is -2.49. The monoisotopic (exact) mass is 445 g/mol. The summed E-state index contributed by atoms with van der Waals surface area (Å²) >= 11 is 0. The van der Waals surface area contributed by atoms with Gasteiger partial charge < -0.3 is 20.1 Å². The highest BCUT2D eigenvalue weighted by atomic mass is 16.5. The van der Waals surface area contributed by atoms with E-state index in [0.29, 0.717) is 32.5 Å². The minimum atomic E-state index is -0.570. The fourth-order valence-electron chi connectivity index (χ4n) is 4.47. The molecule has 1 aromatic heterocycles. The number of fused-ring (bicyclic) bond motifs is 1. The van der Waals surface area contributed by atoms with E-state index < -0.39 is 11.5 Å². The zero-order valence-electron chi connectivity index (χ0n) is 19.7. The van der Waals surface area contributed by atoms with Crippen molar-refractivity contribution < 1.29 is 19.1 Å². The molecule has 3 rings (SSSR count). The number of methoxy groups -OCH3 is 1. The Morgan fingerprint density at radius 2 is 1.94 bits per heavy atom. The van der Waals surface area contributed by atoms with Crippen LogP contribution in [-0.2, 0) is 31.9 Å². The molecule has 178 valence electrons. The summed E-state index contributed by atoms with van der Waals surface area (Å²) in [6.45, 7) is 4.14. The van der Waals surface area contributed by atoms with Crippen LogP contribution >= 0.6 is 0 Å². The number of esters is 1. The van der Waals surface area contributed by atoms with Gasteiger partial charge in [0.2, 0.25) is 5.91 Å². The lowest BCUT2D eigenvalue weighted by Gasteiger charge is -2.33. The summed E-state index contributed by atoms with van der Waals surface area (Å²) < 4.78 is 10.3. The third kappa shape index (κ3) is 6.92. The number of hydrogen-bond donors (Lipinski definition) is 2. The van der Waals surface area contributed by atoms with E-state index in [1.807, 2.05) is 6.92 Å². The molecule has 1 aromatic rings. The molecule has 0 radical (unpaired) electrons. The first-order valence-electron chi connectivity index (χ1n) is 12.2. The van der Waals surface area contributed by atoms with E-state index in [0.717, 1.165) is 63.0 Å². The zero-order valence-corrected chi connectivity index (χ0v) is 19.7. The molecular formula is C25H39N3O4. The summed E-state index contributed by atoms with van der Waals surface area (Å²) in [5.41, 5.74) is 2.02. The van der Waals surface area contributed by atoms with E-state index in [2.05, 4.69) is 22.8 Å². The summed E-state index contributed by atoms with van der Waals surface area (Å²) in [6, 6.07) is 3.81. The largest absolute Gasteiger partial charge is 0.467 e. The summed E-state index contributed by atoms with van der Waals surface area (Å²) in [5, 5.41) is 6.34. The van der Waals surface area contributed by atoms with Gasteiger partial charge in [0.15, 0.2) is 0 Å². The molecule has 3 heterocycles. The normalized spacial score (nSPS) is 18.2. The first kappa shape index (κ1) is 24.5. The smallest absolute Gasteiger partial charge is 0.328 e. The second-order valence-corrected chi connectivity index (χ2v) is 9.37. The van der Waals surface area contributed by atoms with E-state index >= 15 is 0 Å². The maximum Gasteiger partial charge on any atom is 0.328 e. The molecule has 0 bridgehead atoms. The van der Waals surface area contributed by atoms with Crippen molar-refractivity contribution in [2.45, 2.75) is 83.6 Å². The van der Waals surface area contributed by atoms with Crippen molar-refractivity contribution >= 4 is 17.7 Å². The first-order valence-corrected chi connectivity index (χ1v) is 12.2. The number of amides is 1. The average Bonchev–Trinajstić information content (AvgIpc) is 2.82. The quantitative estimate of drug-likeness (QED) is 0.398. The highest BCUT2D eigenvalue weighted by Gasteiger charge is 2.37. The van der Waals surface area contributed by atoms with Crippen LogP contribution in [0, 0.1) is 5.41 Å². The first-order chi connectivity index (χ1) is 15.5. The zero-order chi connectivity index (χ0) is 22.8. The summed E-state index contributed by atoms with van der Waals surface area (Å²) in [4.78, 5) is 29.7. The highest BCUT2D eigenvalue weighted by molar-refractivity contribution is 5.87. The van der Waals surface area contributed by atoms with Gasteiger partial charge in [-0.15, -0.1) is 0 Å². The number of nitrogens with zero attached hydrogens (tertiary/aromatic N) is 1. The number of pyridine rings is 1. The van der Waals surface area contributed by atoms with Crippen molar-refractivity contribution in [3.05, 3.63) is 23.4 Å². The second kappa shape index (κ2) is 12.2. The van der Waals surface area contributed by atoms with Crippen LogP contribution < -0.4 is 10.6 Å². The molecule has 2 N–H and O–H groups in total. The van der Waals surface area contributed by atoms with E-state index in [1.54, 1.807) is 0 Å². The van der Waals surface area contributed by atoms with Gasteiger partial charge in [-0.3, -0.25) is 4.79 Å². The van der Waals surface area contributed by atoms with E-state index in [-0.39, 0.29) is 11.9 Å². The lowest BCUT2D eigenvalue weighted by atomic mass is 9.81. The van der Waals surface area contributed by atoms with Gasteiger partial charge in [0, 0.05) is 25.5 Å². The minimum Gasteiger partial charge on any atom is -0.467 e. The topological polar surface area (TPSA) is 89.5 Å². The predicted molar refractivity (Wildman–Crippen MR) is 125 cm³/mol. The van der Waals surface area contributed by atoms with Crippen molar-refractivity contribution in [2.75, 3.05) is 32.2 Å². The van der Waals surface area contributed by atoms with Crippen LogP contribution in [-0.4, -0.2) is 49.8 Å². The van der Waals surface area contributed by atoms with Crippen molar-refractivity contribution in [3.63, 3.8) is 0 Å². The molecule has 1 amide bonds. The predicted octanol–water partition coefficient (Wildman–Crippen LogP) is 3.80. The number of rotatable bonds is 11. The number of carbonyl (C=O) groups is 2. The highest BCUT2D eigenvalue weighted by Crippen LogP contribution is 2.30. The number of ether oxygens (including phenoxy) is 2. The Bertz CT molecular complexity index is 762. The van der Waals surface area contributed by atoms with Gasteiger partial charge in [0.05, 0.1) is 12.5 Å². The van der Waals surface area contributed by atoms with Crippen molar-refractivity contribution in [1.29, 1.82) is 0 Å². The Hall–Kier alpha value is -2.15. The molecule has 1 fully saturated rings. The van der Waals surface area contributed by atoms with Crippen LogP contribution in [0.25, 0.3) is 0 Å². The molecule has 1 atom stereocenters. The minimum absolute atomic E-state index is 0.0664. The number of aryl methyl sites for hydroxylation is 2.